The molecule has 3 heteroatoms. The van der Waals surface area contributed by atoms with Crippen LogP contribution in [0.15, 0.2) is 61.1 Å². The van der Waals surface area contributed by atoms with E-state index in [-0.39, 0.29) is 0 Å². The van der Waals surface area contributed by atoms with Crippen molar-refractivity contribution < 1.29 is 0 Å². The van der Waals surface area contributed by atoms with Crippen LogP contribution < -0.4 is 0 Å². The van der Waals surface area contributed by atoms with Crippen LogP contribution in [0.25, 0.3) is 22.4 Å². The van der Waals surface area contributed by atoms with E-state index in [0.29, 0.717) is 0 Å². The highest BCUT2D eigenvalue weighted by Crippen LogP contribution is 2.21. The van der Waals surface area contributed by atoms with Gasteiger partial charge in [0.2, 0.25) is 0 Å². The Morgan fingerprint density at radius 3 is 2.29 bits per heavy atom. The molecule has 0 saturated heterocycles. The van der Waals surface area contributed by atoms with Crippen LogP contribution in [0.2, 0.25) is 0 Å². The van der Waals surface area contributed by atoms with E-state index >= 15 is 0 Å². The van der Waals surface area contributed by atoms with Gasteiger partial charge in [-0.3, -0.25) is 10.1 Å². The lowest BCUT2D eigenvalue weighted by Gasteiger charge is -2.01. The van der Waals surface area contributed by atoms with E-state index in [0.717, 1.165) is 22.4 Å². The van der Waals surface area contributed by atoms with Gasteiger partial charge in [0.1, 0.15) is 0 Å². The fourth-order valence-corrected chi connectivity index (χ4v) is 1.75. The second kappa shape index (κ2) is 4.22. The summed E-state index contributed by atoms with van der Waals surface area (Å²) >= 11 is 0. The molecule has 82 valence electrons. The molecule has 3 nitrogen and oxygen atoms in total. The van der Waals surface area contributed by atoms with Crippen molar-refractivity contribution >= 4 is 0 Å². The number of nitrogens with zero attached hydrogens (tertiary/aromatic N) is 2. The zero-order valence-electron chi connectivity index (χ0n) is 9.17. The van der Waals surface area contributed by atoms with Gasteiger partial charge in [-0.15, -0.1) is 0 Å². The van der Waals surface area contributed by atoms with Crippen molar-refractivity contribution in [1.82, 2.24) is 15.2 Å². The number of rotatable bonds is 2. The van der Waals surface area contributed by atoms with E-state index < -0.39 is 0 Å². The highest BCUT2D eigenvalue weighted by Gasteiger charge is 2.01. The molecule has 0 aliphatic carbocycles. The van der Waals surface area contributed by atoms with Gasteiger partial charge in [-0.1, -0.05) is 36.4 Å². The average Bonchev–Trinajstić information content (AvgIpc) is 2.94. The zero-order valence-corrected chi connectivity index (χ0v) is 9.17. The summed E-state index contributed by atoms with van der Waals surface area (Å²) in [6.45, 7) is 0. The molecule has 0 aliphatic heterocycles. The number of aromatic nitrogens is 3. The van der Waals surface area contributed by atoms with E-state index in [4.69, 9.17) is 0 Å². The Labute approximate surface area is 99.2 Å². The van der Waals surface area contributed by atoms with Crippen molar-refractivity contribution in [2.75, 3.05) is 0 Å². The van der Waals surface area contributed by atoms with Crippen LogP contribution in [0.5, 0.6) is 0 Å². The molecule has 1 N–H and O–H groups in total. The summed E-state index contributed by atoms with van der Waals surface area (Å²) in [5, 5.41) is 6.72. The van der Waals surface area contributed by atoms with Crippen molar-refractivity contribution in [3.8, 4) is 22.4 Å². The molecule has 0 saturated carbocycles. The van der Waals surface area contributed by atoms with Crippen LogP contribution in [0, 0.1) is 0 Å². The van der Waals surface area contributed by atoms with E-state index in [9.17, 15) is 0 Å². The SMILES string of the molecule is c1ccc(-c2ccc(-c3cn[nH]c3)cn2)cc1. The first-order valence-corrected chi connectivity index (χ1v) is 5.44. The summed E-state index contributed by atoms with van der Waals surface area (Å²) in [5.41, 5.74) is 4.24. The maximum absolute atomic E-state index is 4.46. The second-order valence-corrected chi connectivity index (χ2v) is 3.79. The fourth-order valence-electron chi connectivity index (χ4n) is 1.75. The number of nitrogens with one attached hydrogen (secondary N) is 1. The fraction of sp³-hybridized carbons (Fsp3) is 0. The molecule has 0 fully saturated rings. The molecule has 2 aromatic heterocycles. The zero-order chi connectivity index (χ0) is 11.5. The molecular formula is C14H11N3. The Bertz CT molecular complexity index is 583. The minimum atomic E-state index is 0.984. The molecule has 0 atom stereocenters. The highest BCUT2D eigenvalue weighted by atomic mass is 15.1. The van der Waals surface area contributed by atoms with Crippen molar-refractivity contribution in [2.24, 2.45) is 0 Å². The smallest absolute Gasteiger partial charge is 0.0702 e. The topological polar surface area (TPSA) is 41.6 Å². The molecule has 0 aliphatic rings. The maximum Gasteiger partial charge on any atom is 0.0702 e. The normalized spacial score (nSPS) is 10.4. The number of H-pyrrole nitrogens is 1. The lowest BCUT2D eigenvalue weighted by atomic mass is 10.1. The van der Waals surface area contributed by atoms with Gasteiger partial charge in [0.15, 0.2) is 0 Å². The van der Waals surface area contributed by atoms with Crippen LogP contribution in [0.4, 0.5) is 0 Å². The van der Waals surface area contributed by atoms with Gasteiger partial charge in [-0.05, 0) is 6.07 Å². The molecule has 2 heterocycles. The molecule has 0 bridgehead atoms. The van der Waals surface area contributed by atoms with Crippen LogP contribution in [0.3, 0.4) is 0 Å². The molecule has 3 rings (SSSR count). The maximum atomic E-state index is 4.46. The Kier molecular flexibility index (Phi) is 2.43. The monoisotopic (exact) mass is 221 g/mol. The molecule has 1 aromatic carbocycles. The van der Waals surface area contributed by atoms with Gasteiger partial charge in [-0.2, -0.15) is 5.10 Å². The van der Waals surface area contributed by atoms with E-state index in [1.54, 1.807) is 6.20 Å². The van der Waals surface area contributed by atoms with Gasteiger partial charge in [0, 0.05) is 29.1 Å². The molecule has 0 unspecified atom stereocenters. The number of pyridine rings is 1. The van der Waals surface area contributed by atoms with Gasteiger partial charge >= 0.3 is 0 Å². The number of hydrogen-bond acceptors (Lipinski definition) is 2. The first-order chi connectivity index (χ1) is 8.43. The Hall–Kier alpha value is -2.42. The van der Waals surface area contributed by atoms with Crippen molar-refractivity contribution in [2.45, 2.75) is 0 Å². The minimum Gasteiger partial charge on any atom is -0.285 e. The number of benzene rings is 1. The minimum absolute atomic E-state index is 0.984. The standard InChI is InChI=1S/C14H11N3/c1-2-4-11(5-3-1)14-7-6-12(8-15-14)13-9-16-17-10-13/h1-10H,(H,16,17). The lowest BCUT2D eigenvalue weighted by Crippen LogP contribution is -1.83. The quantitative estimate of drug-likeness (QED) is 0.722. The van der Waals surface area contributed by atoms with Crippen LogP contribution in [-0.4, -0.2) is 15.2 Å². The summed E-state index contributed by atoms with van der Waals surface area (Å²) in [5.74, 6) is 0. The first-order valence-electron chi connectivity index (χ1n) is 5.44. The Morgan fingerprint density at radius 2 is 1.65 bits per heavy atom. The predicted octanol–water partition coefficient (Wildman–Crippen LogP) is 3.14. The average molecular weight is 221 g/mol. The molecule has 0 radical (unpaired) electrons. The van der Waals surface area contributed by atoms with E-state index in [1.165, 1.54) is 0 Å². The third-order valence-electron chi connectivity index (χ3n) is 2.66. The Morgan fingerprint density at radius 1 is 0.765 bits per heavy atom. The molecule has 0 amide bonds. The molecule has 0 spiro atoms. The summed E-state index contributed by atoms with van der Waals surface area (Å²) < 4.78 is 0. The largest absolute Gasteiger partial charge is 0.285 e. The summed E-state index contributed by atoms with van der Waals surface area (Å²) in [6, 6.07) is 14.2. The van der Waals surface area contributed by atoms with E-state index in [1.807, 2.05) is 36.7 Å². The number of aromatic amines is 1. The summed E-state index contributed by atoms with van der Waals surface area (Å²) in [6.07, 6.45) is 5.52. The van der Waals surface area contributed by atoms with Gasteiger partial charge < -0.3 is 0 Å². The molecular weight excluding hydrogens is 210 g/mol. The first kappa shape index (κ1) is 9.78. The van der Waals surface area contributed by atoms with E-state index in [2.05, 4.69) is 33.4 Å². The predicted molar refractivity (Wildman–Crippen MR) is 67.3 cm³/mol. The third kappa shape index (κ3) is 1.95. The van der Waals surface area contributed by atoms with Crippen LogP contribution in [-0.2, 0) is 0 Å². The Balaban J connectivity index is 1.96. The van der Waals surface area contributed by atoms with Crippen molar-refractivity contribution in [3.63, 3.8) is 0 Å². The highest BCUT2D eigenvalue weighted by molar-refractivity contribution is 5.65. The molecule has 17 heavy (non-hydrogen) atoms. The summed E-state index contributed by atoms with van der Waals surface area (Å²) in [7, 11) is 0. The van der Waals surface area contributed by atoms with Gasteiger partial charge in [-0.25, -0.2) is 0 Å². The van der Waals surface area contributed by atoms with Gasteiger partial charge in [0.05, 0.1) is 11.9 Å². The second-order valence-electron chi connectivity index (χ2n) is 3.79. The van der Waals surface area contributed by atoms with Crippen LogP contribution in [0.1, 0.15) is 0 Å². The summed E-state index contributed by atoms with van der Waals surface area (Å²) in [4.78, 5) is 4.46. The third-order valence-corrected chi connectivity index (χ3v) is 2.66. The molecule has 3 aromatic rings. The van der Waals surface area contributed by atoms with Crippen molar-refractivity contribution in [3.05, 3.63) is 61.1 Å². The van der Waals surface area contributed by atoms with Crippen LogP contribution >= 0.6 is 0 Å². The van der Waals surface area contributed by atoms with Crippen molar-refractivity contribution in [1.29, 1.82) is 0 Å². The number of hydrogen-bond donors (Lipinski definition) is 1. The lowest BCUT2D eigenvalue weighted by molar-refractivity contribution is 1.09. The van der Waals surface area contributed by atoms with Gasteiger partial charge in [0.25, 0.3) is 0 Å².